The molecular weight excluding hydrogens is 446 g/mol. The molecule has 0 saturated carbocycles. The van der Waals surface area contributed by atoms with Gasteiger partial charge in [-0.15, -0.1) is 0 Å². The fraction of sp³-hybridized carbons (Fsp3) is 0.200. The molecule has 1 amide bonds. The van der Waals surface area contributed by atoms with Crippen LogP contribution in [0.1, 0.15) is 15.4 Å². The van der Waals surface area contributed by atoms with Crippen LogP contribution in [0.2, 0.25) is 0 Å². The van der Waals surface area contributed by atoms with Crippen LogP contribution in [0.15, 0.2) is 67.1 Å². The van der Waals surface area contributed by atoms with Gasteiger partial charge in [-0.2, -0.15) is 0 Å². The molecule has 170 valence electrons. The Balaban J connectivity index is 1.24. The average Bonchev–Trinajstić information content (AvgIpc) is 3.43. The van der Waals surface area contributed by atoms with Crippen LogP contribution in [0.3, 0.4) is 0 Å². The van der Waals surface area contributed by atoms with E-state index in [0.717, 1.165) is 54.5 Å². The summed E-state index contributed by atoms with van der Waals surface area (Å²) in [6.45, 7) is 5.17. The van der Waals surface area contributed by atoms with Crippen molar-refractivity contribution in [2.45, 2.75) is 6.54 Å². The summed E-state index contributed by atoms with van der Waals surface area (Å²) in [5.41, 5.74) is 4.10. The Morgan fingerprint density at radius 2 is 1.79 bits per heavy atom. The number of rotatable bonds is 5. The molecular formula is C25H23N7OS. The molecule has 1 fully saturated rings. The molecule has 0 bridgehead atoms. The van der Waals surface area contributed by atoms with Crippen LogP contribution in [0, 0.1) is 0 Å². The number of imidazole rings is 1. The van der Waals surface area contributed by atoms with Gasteiger partial charge in [0, 0.05) is 55.6 Å². The van der Waals surface area contributed by atoms with Crippen molar-refractivity contribution in [3.8, 4) is 11.3 Å². The highest BCUT2D eigenvalue weighted by Crippen LogP contribution is 2.30. The van der Waals surface area contributed by atoms with Gasteiger partial charge in [-0.25, -0.2) is 9.97 Å². The molecule has 34 heavy (non-hydrogen) atoms. The van der Waals surface area contributed by atoms with Crippen molar-refractivity contribution in [2.24, 2.45) is 0 Å². The van der Waals surface area contributed by atoms with Gasteiger partial charge in [-0.1, -0.05) is 41.7 Å². The second-order valence-electron chi connectivity index (χ2n) is 8.28. The van der Waals surface area contributed by atoms with E-state index in [1.165, 1.54) is 11.1 Å². The first kappa shape index (κ1) is 20.9. The van der Waals surface area contributed by atoms with Crippen LogP contribution in [0.4, 0.5) is 5.69 Å². The van der Waals surface area contributed by atoms with E-state index in [2.05, 4.69) is 36.1 Å². The third kappa shape index (κ3) is 4.16. The lowest BCUT2D eigenvalue weighted by atomic mass is 10.1. The molecule has 2 aromatic carbocycles. The van der Waals surface area contributed by atoms with Gasteiger partial charge in [0.25, 0.3) is 5.91 Å². The van der Waals surface area contributed by atoms with Crippen LogP contribution >= 0.6 is 11.3 Å². The van der Waals surface area contributed by atoms with E-state index in [-0.39, 0.29) is 11.6 Å². The van der Waals surface area contributed by atoms with Crippen molar-refractivity contribution < 1.29 is 4.79 Å². The quantitative estimate of drug-likeness (QED) is 0.409. The highest BCUT2D eigenvalue weighted by molar-refractivity contribution is 7.17. The number of benzene rings is 2. The Bertz CT molecular complexity index is 1450. The third-order valence-corrected chi connectivity index (χ3v) is 6.91. The van der Waals surface area contributed by atoms with E-state index in [4.69, 9.17) is 4.98 Å². The van der Waals surface area contributed by atoms with Crippen LogP contribution in [0.5, 0.6) is 0 Å². The van der Waals surface area contributed by atoms with E-state index in [1.807, 2.05) is 54.7 Å². The van der Waals surface area contributed by atoms with Gasteiger partial charge in [0.1, 0.15) is 5.69 Å². The molecule has 0 aliphatic carbocycles. The van der Waals surface area contributed by atoms with Crippen LogP contribution < -0.4 is 10.6 Å². The lowest BCUT2D eigenvalue weighted by Gasteiger charge is -2.26. The summed E-state index contributed by atoms with van der Waals surface area (Å²) >= 11 is 1.71. The number of amides is 1. The zero-order valence-corrected chi connectivity index (χ0v) is 19.3. The highest BCUT2D eigenvalue weighted by Gasteiger charge is 2.16. The first-order chi connectivity index (χ1) is 16.7. The largest absolute Gasteiger partial charge is 0.320 e. The molecule has 0 spiro atoms. The highest BCUT2D eigenvalue weighted by atomic mass is 32.1. The Hall–Kier alpha value is -3.66. The number of fused-ring (bicyclic) bond motifs is 2. The number of hydrogen-bond donors (Lipinski definition) is 2. The molecule has 1 aliphatic heterocycles. The normalized spacial score (nSPS) is 14.6. The molecule has 0 radical (unpaired) electrons. The van der Waals surface area contributed by atoms with E-state index < -0.39 is 0 Å². The Labute approximate surface area is 200 Å². The minimum atomic E-state index is -0.301. The summed E-state index contributed by atoms with van der Waals surface area (Å²) in [6, 6.07) is 15.2. The summed E-state index contributed by atoms with van der Waals surface area (Å²) < 4.78 is 2.07. The monoisotopic (exact) mass is 469 g/mol. The minimum Gasteiger partial charge on any atom is -0.320 e. The molecule has 5 aromatic rings. The Kier molecular flexibility index (Phi) is 5.50. The second kappa shape index (κ2) is 8.94. The lowest BCUT2D eigenvalue weighted by Crippen LogP contribution is -2.42. The Morgan fingerprint density at radius 3 is 2.65 bits per heavy atom. The number of nitrogens with one attached hydrogen (secondary N) is 2. The molecule has 1 aliphatic rings. The predicted octanol–water partition coefficient (Wildman–Crippen LogP) is 3.66. The maximum atomic E-state index is 13.0. The van der Waals surface area contributed by atoms with Crippen molar-refractivity contribution in [3.63, 3.8) is 0 Å². The van der Waals surface area contributed by atoms with Crippen molar-refractivity contribution in [1.29, 1.82) is 0 Å². The maximum absolute atomic E-state index is 13.0. The number of hydrogen-bond acceptors (Lipinski definition) is 7. The number of anilines is 1. The number of carbonyl (C=O) groups excluding carboxylic acids is 1. The van der Waals surface area contributed by atoms with Crippen molar-refractivity contribution >= 4 is 38.9 Å². The molecule has 3 aromatic heterocycles. The number of aromatic nitrogens is 4. The molecule has 0 unspecified atom stereocenters. The third-order valence-electron chi connectivity index (χ3n) is 5.93. The molecule has 0 atom stereocenters. The van der Waals surface area contributed by atoms with Gasteiger partial charge >= 0.3 is 0 Å². The zero-order valence-electron chi connectivity index (χ0n) is 18.4. The fourth-order valence-electron chi connectivity index (χ4n) is 4.20. The van der Waals surface area contributed by atoms with Crippen molar-refractivity contribution in [2.75, 3.05) is 31.5 Å². The standard InChI is InChI=1S/C25H23N7OS/c33-24(22-13-27-20-7-3-4-8-21(20)28-22)29-19-6-2-1-5-18(19)23-16-32-15-17(34-25(32)30-23)14-31-11-9-26-10-12-31/h1-8,13,15-16,26H,9-12,14H2,(H,29,33). The fourth-order valence-corrected chi connectivity index (χ4v) is 5.21. The van der Waals surface area contributed by atoms with E-state index in [9.17, 15) is 4.79 Å². The lowest BCUT2D eigenvalue weighted by molar-refractivity contribution is 0.102. The van der Waals surface area contributed by atoms with Crippen molar-refractivity contribution in [3.05, 3.63) is 77.7 Å². The van der Waals surface area contributed by atoms with E-state index in [0.29, 0.717) is 11.2 Å². The van der Waals surface area contributed by atoms with Crippen LogP contribution in [0.25, 0.3) is 27.3 Å². The van der Waals surface area contributed by atoms with E-state index >= 15 is 0 Å². The Morgan fingerprint density at radius 1 is 1.00 bits per heavy atom. The minimum absolute atomic E-state index is 0.275. The average molecular weight is 470 g/mol. The molecule has 9 heteroatoms. The topological polar surface area (TPSA) is 87.5 Å². The zero-order chi connectivity index (χ0) is 22.9. The molecule has 1 saturated heterocycles. The first-order valence-corrected chi connectivity index (χ1v) is 12.1. The van der Waals surface area contributed by atoms with Gasteiger partial charge in [-0.05, 0) is 18.2 Å². The summed E-state index contributed by atoms with van der Waals surface area (Å²) in [5, 5.41) is 6.38. The number of para-hydroxylation sites is 3. The molecule has 2 N–H and O–H groups in total. The predicted molar refractivity (Wildman–Crippen MR) is 134 cm³/mol. The van der Waals surface area contributed by atoms with E-state index in [1.54, 1.807) is 11.3 Å². The van der Waals surface area contributed by atoms with Gasteiger partial charge < -0.3 is 10.6 Å². The number of thiazole rings is 1. The second-order valence-corrected chi connectivity index (χ2v) is 9.38. The maximum Gasteiger partial charge on any atom is 0.275 e. The van der Waals surface area contributed by atoms with Gasteiger partial charge in [-0.3, -0.25) is 19.1 Å². The number of carbonyl (C=O) groups is 1. The number of nitrogens with zero attached hydrogens (tertiary/aromatic N) is 5. The summed E-state index contributed by atoms with van der Waals surface area (Å²) in [6.07, 6.45) is 5.69. The molecule has 8 nitrogen and oxygen atoms in total. The molecule has 6 rings (SSSR count). The van der Waals surface area contributed by atoms with Crippen LogP contribution in [-0.4, -0.2) is 56.3 Å². The van der Waals surface area contributed by atoms with Gasteiger partial charge in [0.15, 0.2) is 4.96 Å². The van der Waals surface area contributed by atoms with Crippen molar-refractivity contribution in [1.82, 2.24) is 29.6 Å². The van der Waals surface area contributed by atoms with Gasteiger partial charge in [0.2, 0.25) is 0 Å². The van der Waals surface area contributed by atoms with Gasteiger partial charge in [0.05, 0.1) is 28.6 Å². The SMILES string of the molecule is O=C(Nc1ccccc1-c1cn2cc(CN3CCNCC3)sc2n1)c1cnc2ccccc2n1. The molecule has 4 heterocycles. The first-order valence-electron chi connectivity index (χ1n) is 11.3. The van der Waals surface area contributed by atoms with Crippen LogP contribution in [-0.2, 0) is 6.54 Å². The summed E-state index contributed by atoms with van der Waals surface area (Å²) in [4.78, 5) is 31.3. The number of piperazine rings is 1. The summed E-state index contributed by atoms with van der Waals surface area (Å²) in [7, 11) is 0. The summed E-state index contributed by atoms with van der Waals surface area (Å²) in [5.74, 6) is -0.301. The smallest absolute Gasteiger partial charge is 0.275 e.